The second-order valence-corrected chi connectivity index (χ2v) is 6.03. The molecule has 9 nitrogen and oxygen atoms in total. The van der Waals surface area contributed by atoms with E-state index in [1.54, 1.807) is 33.2 Å². The van der Waals surface area contributed by atoms with Gasteiger partial charge in [-0.2, -0.15) is 10.2 Å². The van der Waals surface area contributed by atoms with Crippen LogP contribution in [-0.2, 0) is 20.6 Å². The molecule has 0 aliphatic heterocycles. The highest BCUT2D eigenvalue weighted by atomic mass is 35.5. The third-order valence-corrected chi connectivity index (χ3v) is 4.11. The van der Waals surface area contributed by atoms with E-state index < -0.39 is 11.8 Å². The summed E-state index contributed by atoms with van der Waals surface area (Å²) in [6.07, 6.45) is 3.06. The van der Waals surface area contributed by atoms with Crippen LogP contribution in [0.5, 0.6) is 0 Å². The van der Waals surface area contributed by atoms with E-state index in [4.69, 9.17) is 16.0 Å². The van der Waals surface area contributed by atoms with Crippen LogP contribution in [0.25, 0.3) is 0 Å². The summed E-state index contributed by atoms with van der Waals surface area (Å²) in [5.74, 6) is -0.312. The molecule has 0 aliphatic rings. The number of carbonyl (C=O) groups is 2. The van der Waals surface area contributed by atoms with E-state index in [0.717, 1.165) is 0 Å². The molecule has 0 bridgehead atoms. The van der Waals surface area contributed by atoms with E-state index in [0.29, 0.717) is 11.5 Å². The number of hydrogen-bond donors (Lipinski definition) is 2. The lowest BCUT2D eigenvalue weighted by atomic mass is 10.3. The van der Waals surface area contributed by atoms with Crippen molar-refractivity contribution in [3.8, 4) is 0 Å². The van der Waals surface area contributed by atoms with Crippen LogP contribution in [0.4, 0.5) is 5.69 Å². The highest BCUT2D eigenvalue weighted by Crippen LogP contribution is 2.22. The Morgan fingerprint density at radius 2 is 2.04 bits per heavy atom. The van der Waals surface area contributed by atoms with Crippen molar-refractivity contribution in [1.82, 2.24) is 24.9 Å². The molecule has 0 aliphatic carbocycles. The Hall–Kier alpha value is -3.07. The molecule has 0 saturated carbocycles. The van der Waals surface area contributed by atoms with E-state index in [1.165, 1.54) is 21.8 Å². The molecule has 136 valence electrons. The summed E-state index contributed by atoms with van der Waals surface area (Å²) in [5.41, 5.74) is 1.10. The number of carbonyl (C=O) groups excluding carboxylic acids is 2. The number of aromatic nitrogens is 4. The summed E-state index contributed by atoms with van der Waals surface area (Å²) in [5, 5.41) is 13.8. The van der Waals surface area contributed by atoms with E-state index in [9.17, 15) is 9.59 Å². The number of furan rings is 1. The Morgan fingerprint density at radius 3 is 2.65 bits per heavy atom. The van der Waals surface area contributed by atoms with Gasteiger partial charge in [-0.3, -0.25) is 19.0 Å². The zero-order chi connectivity index (χ0) is 18.8. The molecular weight excluding hydrogens is 360 g/mol. The van der Waals surface area contributed by atoms with Gasteiger partial charge in [0.1, 0.15) is 11.5 Å². The quantitative estimate of drug-likeness (QED) is 0.707. The summed E-state index contributed by atoms with van der Waals surface area (Å²) < 4.78 is 8.00. The molecule has 0 atom stereocenters. The number of nitrogens with zero attached hydrogens (tertiary/aromatic N) is 4. The average Bonchev–Trinajstić information content (AvgIpc) is 3.27. The molecule has 3 heterocycles. The van der Waals surface area contributed by atoms with Crippen LogP contribution < -0.4 is 10.6 Å². The number of amides is 2. The van der Waals surface area contributed by atoms with Gasteiger partial charge in [-0.1, -0.05) is 11.6 Å². The van der Waals surface area contributed by atoms with Crippen LogP contribution in [0.1, 0.15) is 32.4 Å². The van der Waals surface area contributed by atoms with Gasteiger partial charge < -0.3 is 15.1 Å². The molecule has 3 rings (SSSR count). The Morgan fingerprint density at radius 1 is 1.27 bits per heavy atom. The van der Waals surface area contributed by atoms with E-state index >= 15 is 0 Å². The maximum atomic E-state index is 12.6. The molecule has 10 heteroatoms. The third-order valence-electron chi connectivity index (χ3n) is 3.66. The van der Waals surface area contributed by atoms with Crippen LogP contribution in [0.15, 0.2) is 29.0 Å². The van der Waals surface area contributed by atoms with Crippen LogP contribution in [-0.4, -0.2) is 31.4 Å². The van der Waals surface area contributed by atoms with Crippen LogP contribution in [0, 0.1) is 6.92 Å². The second-order valence-electron chi connectivity index (χ2n) is 5.65. The zero-order valence-corrected chi connectivity index (χ0v) is 15.2. The van der Waals surface area contributed by atoms with Crippen molar-refractivity contribution >= 4 is 29.1 Å². The first-order valence-corrected chi connectivity index (χ1v) is 8.09. The van der Waals surface area contributed by atoms with E-state index in [-0.39, 0.29) is 28.6 Å². The summed E-state index contributed by atoms with van der Waals surface area (Å²) in [6.45, 7) is 1.92. The van der Waals surface area contributed by atoms with Crippen molar-refractivity contribution in [2.75, 3.05) is 5.32 Å². The van der Waals surface area contributed by atoms with Crippen LogP contribution >= 0.6 is 11.6 Å². The van der Waals surface area contributed by atoms with Gasteiger partial charge >= 0.3 is 0 Å². The fourth-order valence-electron chi connectivity index (χ4n) is 2.47. The number of halogens is 1. The third kappa shape index (κ3) is 3.47. The monoisotopic (exact) mass is 376 g/mol. The van der Waals surface area contributed by atoms with Gasteiger partial charge in [0.25, 0.3) is 11.8 Å². The number of aryl methyl sites for hydroxylation is 3. The predicted molar refractivity (Wildman–Crippen MR) is 94.0 cm³/mol. The maximum absolute atomic E-state index is 12.6. The standard InChI is InChI=1S/C16H17ClN6O3/c1-9-12(17)14(23(3)20-9)16(25)19-11-8-22(2)21-13(11)15(24)18-7-10-5-4-6-26-10/h4-6,8H,7H2,1-3H3,(H,18,24)(H,19,25). The minimum Gasteiger partial charge on any atom is -0.467 e. The first-order valence-electron chi connectivity index (χ1n) is 7.71. The van der Waals surface area contributed by atoms with Crippen molar-refractivity contribution in [3.05, 3.63) is 52.5 Å². The first-order chi connectivity index (χ1) is 12.4. The summed E-state index contributed by atoms with van der Waals surface area (Å²) >= 11 is 6.13. The molecule has 26 heavy (non-hydrogen) atoms. The van der Waals surface area contributed by atoms with Gasteiger partial charge in [-0.25, -0.2) is 0 Å². The van der Waals surface area contributed by atoms with Gasteiger partial charge in [-0.15, -0.1) is 0 Å². The number of anilines is 1. The molecule has 2 amide bonds. The molecule has 0 unspecified atom stereocenters. The normalized spacial score (nSPS) is 10.8. The Balaban J connectivity index is 1.78. The maximum Gasteiger partial charge on any atom is 0.275 e. The molecular formula is C16H17ClN6O3. The molecule has 2 N–H and O–H groups in total. The van der Waals surface area contributed by atoms with Crippen LogP contribution in [0.2, 0.25) is 5.02 Å². The minimum atomic E-state index is -0.480. The molecule has 0 spiro atoms. The number of rotatable bonds is 5. The molecule has 0 fully saturated rings. The van der Waals surface area contributed by atoms with E-state index in [2.05, 4.69) is 20.8 Å². The minimum absolute atomic E-state index is 0.0856. The zero-order valence-electron chi connectivity index (χ0n) is 14.4. The number of nitrogens with one attached hydrogen (secondary N) is 2. The van der Waals surface area contributed by atoms with Gasteiger partial charge in [0.15, 0.2) is 5.69 Å². The second kappa shape index (κ2) is 7.04. The lowest BCUT2D eigenvalue weighted by Gasteiger charge is -2.06. The van der Waals surface area contributed by atoms with E-state index in [1.807, 2.05) is 0 Å². The average molecular weight is 377 g/mol. The fourth-order valence-corrected chi connectivity index (χ4v) is 2.72. The Bertz CT molecular complexity index is 957. The number of hydrogen-bond acceptors (Lipinski definition) is 5. The topological polar surface area (TPSA) is 107 Å². The summed E-state index contributed by atoms with van der Waals surface area (Å²) in [6, 6.07) is 3.47. The molecule has 0 aromatic carbocycles. The molecule has 0 radical (unpaired) electrons. The SMILES string of the molecule is Cc1nn(C)c(C(=O)Nc2cn(C)nc2C(=O)NCc2ccco2)c1Cl. The van der Waals surface area contributed by atoms with Gasteiger partial charge in [-0.05, 0) is 19.1 Å². The summed E-state index contributed by atoms with van der Waals surface area (Å²) in [4.78, 5) is 25.0. The predicted octanol–water partition coefficient (Wildman–Crippen LogP) is 1.89. The van der Waals surface area contributed by atoms with Crippen molar-refractivity contribution < 1.29 is 14.0 Å². The van der Waals surface area contributed by atoms with Gasteiger partial charge in [0.2, 0.25) is 0 Å². The van der Waals surface area contributed by atoms with Crippen molar-refractivity contribution in [3.63, 3.8) is 0 Å². The molecule has 3 aromatic heterocycles. The molecule has 0 saturated heterocycles. The highest BCUT2D eigenvalue weighted by Gasteiger charge is 2.23. The Labute approximate surface area is 153 Å². The highest BCUT2D eigenvalue weighted by molar-refractivity contribution is 6.34. The van der Waals surface area contributed by atoms with Crippen molar-refractivity contribution in [1.29, 1.82) is 0 Å². The van der Waals surface area contributed by atoms with Crippen molar-refractivity contribution in [2.45, 2.75) is 13.5 Å². The smallest absolute Gasteiger partial charge is 0.275 e. The van der Waals surface area contributed by atoms with Crippen LogP contribution in [0.3, 0.4) is 0 Å². The lowest BCUT2D eigenvalue weighted by Crippen LogP contribution is -2.25. The van der Waals surface area contributed by atoms with Gasteiger partial charge in [0.05, 0.1) is 29.2 Å². The van der Waals surface area contributed by atoms with Gasteiger partial charge in [0, 0.05) is 20.3 Å². The first kappa shape index (κ1) is 17.7. The van der Waals surface area contributed by atoms with Crippen molar-refractivity contribution in [2.24, 2.45) is 14.1 Å². The lowest BCUT2D eigenvalue weighted by molar-refractivity contribution is 0.0943. The molecule has 3 aromatic rings. The largest absolute Gasteiger partial charge is 0.467 e. The fraction of sp³-hybridized carbons (Fsp3) is 0.250. The summed E-state index contributed by atoms with van der Waals surface area (Å²) in [7, 11) is 3.27. The Kier molecular flexibility index (Phi) is 4.81.